The molecule has 1 aliphatic rings. The Bertz CT molecular complexity index is 616. The lowest BCUT2D eigenvalue weighted by atomic mass is 10.2. The Kier molecular flexibility index (Phi) is 2.62. The Morgan fingerprint density at radius 2 is 2.17 bits per heavy atom. The zero-order valence-electron chi connectivity index (χ0n) is 10.6. The summed E-state index contributed by atoms with van der Waals surface area (Å²) in [5.74, 6) is 0.886. The predicted octanol–water partition coefficient (Wildman–Crippen LogP) is 4.36. The van der Waals surface area contributed by atoms with E-state index in [0.29, 0.717) is 16.5 Å². The van der Waals surface area contributed by atoms with Crippen molar-refractivity contribution in [1.29, 1.82) is 0 Å². The fourth-order valence-corrected chi connectivity index (χ4v) is 2.75. The van der Waals surface area contributed by atoms with Crippen molar-refractivity contribution < 1.29 is 0 Å². The van der Waals surface area contributed by atoms with Crippen LogP contribution in [0.25, 0.3) is 11.2 Å². The summed E-state index contributed by atoms with van der Waals surface area (Å²) in [6.45, 7) is 6.44. The van der Waals surface area contributed by atoms with Gasteiger partial charge in [-0.1, -0.05) is 25.4 Å². The summed E-state index contributed by atoms with van der Waals surface area (Å²) in [5, 5.41) is 0.477. The van der Waals surface area contributed by atoms with Gasteiger partial charge in [0.1, 0.15) is 11.3 Å². The van der Waals surface area contributed by atoms with E-state index in [1.165, 1.54) is 0 Å². The molecule has 1 saturated carbocycles. The molecule has 0 aromatic carbocycles. The molecule has 0 saturated heterocycles. The van der Waals surface area contributed by atoms with Crippen LogP contribution in [0.2, 0.25) is 5.02 Å². The molecule has 2 unspecified atom stereocenters. The van der Waals surface area contributed by atoms with Gasteiger partial charge in [-0.2, -0.15) is 0 Å². The second kappa shape index (κ2) is 3.84. The van der Waals surface area contributed by atoms with E-state index in [-0.39, 0.29) is 5.38 Å². The first kappa shape index (κ1) is 12.2. The Hall–Kier alpha value is -0.800. The van der Waals surface area contributed by atoms with Crippen molar-refractivity contribution in [2.75, 3.05) is 0 Å². The number of halogens is 2. The maximum absolute atomic E-state index is 6.24. The van der Waals surface area contributed by atoms with Gasteiger partial charge in [-0.3, -0.25) is 0 Å². The Morgan fingerprint density at radius 1 is 1.50 bits per heavy atom. The molecule has 3 rings (SSSR count). The molecular weight excluding hydrogens is 269 g/mol. The number of pyridine rings is 1. The predicted molar refractivity (Wildman–Crippen MR) is 74.2 cm³/mol. The van der Waals surface area contributed by atoms with Gasteiger partial charge < -0.3 is 4.57 Å². The van der Waals surface area contributed by atoms with Crippen molar-refractivity contribution in [1.82, 2.24) is 14.5 Å². The monoisotopic (exact) mass is 283 g/mol. The fraction of sp³-hybridized carbons (Fsp3) is 0.538. The Balaban J connectivity index is 2.23. The van der Waals surface area contributed by atoms with E-state index in [0.717, 1.165) is 23.4 Å². The summed E-state index contributed by atoms with van der Waals surface area (Å²) in [6.07, 6.45) is 2.81. The minimum absolute atomic E-state index is 0.130. The minimum Gasteiger partial charge on any atom is -0.308 e. The van der Waals surface area contributed by atoms with Gasteiger partial charge in [-0.05, 0) is 24.8 Å². The van der Waals surface area contributed by atoms with Crippen molar-refractivity contribution in [2.24, 2.45) is 5.41 Å². The summed E-state index contributed by atoms with van der Waals surface area (Å²) in [7, 11) is 0. The van der Waals surface area contributed by atoms with Crippen LogP contribution >= 0.6 is 23.2 Å². The summed E-state index contributed by atoms with van der Waals surface area (Å²) < 4.78 is 2.18. The number of imidazole rings is 1. The van der Waals surface area contributed by atoms with Crippen LogP contribution in [-0.2, 0) is 0 Å². The van der Waals surface area contributed by atoms with Gasteiger partial charge in [0.25, 0.3) is 0 Å². The molecule has 1 aliphatic carbocycles. The van der Waals surface area contributed by atoms with Crippen molar-refractivity contribution >= 4 is 34.4 Å². The first-order valence-corrected chi connectivity index (χ1v) is 6.89. The summed E-state index contributed by atoms with van der Waals surface area (Å²) in [5.41, 5.74) is 2.01. The molecule has 2 atom stereocenters. The van der Waals surface area contributed by atoms with Crippen LogP contribution < -0.4 is 0 Å². The molecule has 5 heteroatoms. The van der Waals surface area contributed by atoms with E-state index >= 15 is 0 Å². The van der Waals surface area contributed by atoms with Crippen LogP contribution in [0, 0.1) is 5.41 Å². The topological polar surface area (TPSA) is 30.7 Å². The number of aromatic nitrogens is 3. The Labute approximate surface area is 116 Å². The second-order valence-electron chi connectivity index (χ2n) is 5.66. The average molecular weight is 284 g/mol. The summed E-state index contributed by atoms with van der Waals surface area (Å²) in [4.78, 5) is 9.00. The molecule has 2 aromatic rings. The van der Waals surface area contributed by atoms with Crippen LogP contribution in [-0.4, -0.2) is 14.5 Å². The average Bonchev–Trinajstić information content (AvgIpc) is 2.74. The van der Waals surface area contributed by atoms with Gasteiger partial charge in [0.15, 0.2) is 5.65 Å². The van der Waals surface area contributed by atoms with Gasteiger partial charge in [0, 0.05) is 12.2 Å². The third-order valence-electron chi connectivity index (χ3n) is 3.65. The number of fused-ring (bicyclic) bond motifs is 1. The smallest absolute Gasteiger partial charge is 0.160 e. The van der Waals surface area contributed by atoms with E-state index in [1.54, 1.807) is 6.20 Å². The zero-order chi connectivity index (χ0) is 13.1. The summed E-state index contributed by atoms with van der Waals surface area (Å²) in [6, 6.07) is 2.28. The number of hydrogen-bond donors (Lipinski definition) is 0. The van der Waals surface area contributed by atoms with Crippen LogP contribution in [0.1, 0.15) is 44.4 Å². The zero-order valence-corrected chi connectivity index (χ0v) is 12.1. The normalized spacial score (nSPS) is 23.3. The van der Waals surface area contributed by atoms with Crippen LogP contribution in [0.15, 0.2) is 12.3 Å². The molecule has 96 valence electrons. The summed E-state index contributed by atoms with van der Waals surface area (Å²) >= 11 is 12.2. The SMILES string of the molecule is CC(Cl)c1nc2cc(Cl)cnc2n1C1CC1(C)C. The van der Waals surface area contributed by atoms with Crippen molar-refractivity contribution in [2.45, 2.75) is 38.6 Å². The molecule has 0 spiro atoms. The molecule has 0 bridgehead atoms. The second-order valence-corrected chi connectivity index (χ2v) is 6.75. The quantitative estimate of drug-likeness (QED) is 0.767. The van der Waals surface area contributed by atoms with Gasteiger partial charge in [-0.15, -0.1) is 11.6 Å². The van der Waals surface area contributed by atoms with Crippen LogP contribution in [0.4, 0.5) is 0 Å². The highest BCUT2D eigenvalue weighted by atomic mass is 35.5. The van der Waals surface area contributed by atoms with Crippen molar-refractivity contribution in [3.63, 3.8) is 0 Å². The maximum atomic E-state index is 6.24. The first-order chi connectivity index (χ1) is 8.40. The van der Waals surface area contributed by atoms with E-state index < -0.39 is 0 Å². The van der Waals surface area contributed by atoms with E-state index in [9.17, 15) is 0 Å². The van der Waals surface area contributed by atoms with Crippen molar-refractivity contribution in [3.8, 4) is 0 Å². The van der Waals surface area contributed by atoms with E-state index in [1.807, 2.05) is 13.0 Å². The van der Waals surface area contributed by atoms with Crippen LogP contribution in [0.3, 0.4) is 0 Å². The van der Waals surface area contributed by atoms with Gasteiger partial charge in [-0.25, -0.2) is 9.97 Å². The standard InChI is InChI=1S/C13H15Cl2N3/c1-7(14)11-17-9-4-8(15)6-16-12(9)18(11)10-5-13(10,2)3/h4,6-7,10H,5H2,1-3H3. The highest BCUT2D eigenvalue weighted by Gasteiger charge is 2.49. The molecule has 2 aromatic heterocycles. The fourth-order valence-electron chi connectivity index (χ4n) is 2.44. The van der Waals surface area contributed by atoms with E-state index in [4.69, 9.17) is 23.2 Å². The van der Waals surface area contributed by atoms with Gasteiger partial charge >= 0.3 is 0 Å². The molecular formula is C13H15Cl2N3. The number of nitrogens with zero attached hydrogens (tertiary/aromatic N) is 3. The number of alkyl halides is 1. The Morgan fingerprint density at radius 3 is 2.72 bits per heavy atom. The largest absolute Gasteiger partial charge is 0.308 e. The molecule has 1 fully saturated rings. The third kappa shape index (κ3) is 1.81. The molecule has 2 heterocycles. The molecule has 0 amide bonds. The van der Waals surface area contributed by atoms with Gasteiger partial charge in [0.05, 0.1) is 10.4 Å². The highest BCUT2D eigenvalue weighted by Crippen LogP contribution is 2.57. The lowest BCUT2D eigenvalue weighted by Gasteiger charge is -2.11. The maximum Gasteiger partial charge on any atom is 0.160 e. The lowest BCUT2D eigenvalue weighted by Crippen LogP contribution is -2.06. The molecule has 3 nitrogen and oxygen atoms in total. The molecule has 0 N–H and O–H groups in total. The van der Waals surface area contributed by atoms with Crippen molar-refractivity contribution in [3.05, 3.63) is 23.1 Å². The van der Waals surface area contributed by atoms with Gasteiger partial charge in [0.2, 0.25) is 0 Å². The minimum atomic E-state index is -0.130. The number of rotatable bonds is 2. The third-order valence-corrected chi connectivity index (χ3v) is 4.05. The highest BCUT2D eigenvalue weighted by molar-refractivity contribution is 6.31. The molecule has 18 heavy (non-hydrogen) atoms. The van der Waals surface area contributed by atoms with Crippen LogP contribution in [0.5, 0.6) is 0 Å². The molecule has 0 radical (unpaired) electrons. The number of hydrogen-bond acceptors (Lipinski definition) is 2. The van der Waals surface area contributed by atoms with E-state index in [2.05, 4.69) is 28.4 Å². The molecule has 0 aliphatic heterocycles. The first-order valence-electron chi connectivity index (χ1n) is 6.07. The lowest BCUT2D eigenvalue weighted by molar-refractivity contribution is 0.533.